The van der Waals surface area contributed by atoms with Crippen molar-refractivity contribution in [2.24, 2.45) is 0 Å². The van der Waals surface area contributed by atoms with Gasteiger partial charge in [-0.2, -0.15) is 0 Å². The molecule has 1 aromatic carbocycles. The standard InChI is InChI=1S/C14H19F3N2O2/c1-2-19-7-8-20-13(10-19)9-18-11-3-5-12(6-4-11)21-14(15,16)17/h3-6,13,18H,2,7-10H2,1H3. The van der Waals surface area contributed by atoms with Crippen molar-refractivity contribution in [3.05, 3.63) is 24.3 Å². The number of anilines is 1. The monoisotopic (exact) mass is 304 g/mol. The maximum absolute atomic E-state index is 12.0. The van der Waals surface area contributed by atoms with E-state index in [4.69, 9.17) is 4.74 Å². The Morgan fingerprint density at radius 1 is 1.33 bits per heavy atom. The van der Waals surface area contributed by atoms with E-state index in [1.807, 2.05) is 0 Å². The predicted molar refractivity (Wildman–Crippen MR) is 73.5 cm³/mol. The van der Waals surface area contributed by atoms with Crippen molar-refractivity contribution in [3.8, 4) is 5.75 Å². The van der Waals surface area contributed by atoms with Crippen LogP contribution in [0.15, 0.2) is 24.3 Å². The highest BCUT2D eigenvalue weighted by molar-refractivity contribution is 5.46. The summed E-state index contributed by atoms with van der Waals surface area (Å²) in [4.78, 5) is 2.30. The second-order valence-corrected chi connectivity index (χ2v) is 4.84. The first-order valence-electron chi connectivity index (χ1n) is 6.90. The Bertz CT molecular complexity index is 437. The van der Waals surface area contributed by atoms with Crippen LogP contribution in [0.25, 0.3) is 0 Å². The summed E-state index contributed by atoms with van der Waals surface area (Å²) >= 11 is 0. The van der Waals surface area contributed by atoms with Gasteiger partial charge in [0.1, 0.15) is 5.75 Å². The van der Waals surface area contributed by atoms with Crippen LogP contribution in [-0.4, -0.2) is 50.2 Å². The number of hydrogen-bond donors (Lipinski definition) is 1. The molecule has 0 saturated carbocycles. The molecule has 1 atom stereocenters. The van der Waals surface area contributed by atoms with E-state index in [9.17, 15) is 13.2 Å². The molecule has 2 rings (SSSR count). The smallest absolute Gasteiger partial charge is 0.406 e. The van der Waals surface area contributed by atoms with E-state index in [-0.39, 0.29) is 11.9 Å². The van der Waals surface area contributed by atoms with Gasteiger partial charge in [0.15, 0.2) is 0 Å². The number of alkyl halides is 3. The van der Waals surface area contributed by atoms with Crippen LogP contribution in [0.3, 0.4) is 0 Å². The Hall–Kier alpha value is -1.47. The third kappa shape index (κ3) is 5.43. The normalized spacial score (nSPS) is 20.3. The lowest BCUT2D eigenvalue weighted by atomic mass is 10.2. The van der Waals surface area contributed by atoms with Crippen LogP contribution in [0.5, 0.6) is 5.75 Å². The molecule has 1 fully saturated rings. The van der Waals surface area contributed by atoms with Crippen LogP contribution in [-0.2, 0) is 4.74 Å². The molecule has 1 N–H and O–H groups in total. The summed E-state index contributed by atoms with van der Waals surface area (Å²) in [7, 11) is 0. The van der Waals surface area contributed by atoms with Crippen LogP contribution < -0.4 is 10.1 Å². The molecule has 0 bridgehead atoms. The first-order chi connectivity index (χ1) is 9.96. The van der Waals surface area contributed by atoms with Gasteiger partial charge in [0.05, 0.1) is 12.7 Å². The van der Waals surface area contributed by atoms with Crippen molar-refractivity contribution in [1.29, 1.82) is 0 Å². The quantitative estimate of drug-likeness (QED) is 0.907. The van der Waals surface area contributed by atoms with Crippen molar-refractivity contribution in [1.82, 2.24) is 4.90 Å². The number of nitrogens with zero attached hydrogens (tertiary/aromatic N) is 1. The van der Waals surface area contributed by atoms with E-state index in [1.54, 1.807) is 12.1 Å². The Morgan fingerprint density at radius 3 is 2.67 bits per heavy atom. The Balaban J connectivity index is 1.81. The SMILES string of the molecule is CCN1CCOC(CNc2ccc(OC(F)(F)F)cc2)C1. The van der Waals surface area contributed by atoms with Crippen molar-refractivity contribution < 1.29 is 22.6 Å². The Morgan fingerprint density at radius 2 is 2.05 bits per heavy atom. The fraction of sp³-hybridized carbons (Fsp3) is 0.571. The third-order valence-corrected chi connectivity index (χ3v) is 3.29. The Kier molecular flexibility index (Phi) is 5.30. The minimum atomic E-state index is -4.66. The zero-order chi connectivity index (χ0) is 15.3. The maximum Gasteiger partial charge on any atom is 0.573 e. The van der Waals surface area contributed by atoms with E-state index in [2.05, 4.69) is 21.9 Å². The molecular formula is C14H19F3N2O2. The number of benzene rings is 1. The number of likely N-dealkylation sites (N-methyl/N-ethyl adjacent to an activating group) is 1. The number of halogens is 3. The third-order valence-electron chi connectivity index (χ3n) is 3.29. The summed E-state index contributed by atoms with van der Waals surface area (Å²) in [5.41, 5.74) is 0.738. The highest BCUT2D eigenvalue weighted by Crippen LogP contribution is 2.24. The first kappa shape index (κ1) is 15.9. The summed E-state index contributed by atoms with van der Waals surface area (Å²) < 4.78 is 45.6. The van der Waals surface area contributed by atoms with Gasteiger partial charge in [-0.25, -0.2) is 0 Å². The second kappa shape index (κ2) is 7.00. The van der Waals surface area contributed by atoms with Crippen LogP contribution >= 0.6 is 0 Å². The van der Waals surface area contributed by atoms with E-state index in [0.29, 0.717) is 13.2 Å². The second-order valence-electron chi connectivity index (χ2n) is 4.84. The fourth-order valence-corrected chi connectivity index (χ4v) is 2.20. The molecule has 1 aliphatic heterocycles. The molecule has 7 heteroatoms. The lowest BCUT2D eigenvalue weighted by molar-refractivity contribution is -0.274. The number of hydrogen-bond acceptors (Lipinski definition) is 4. The van der Waals surface area contributed by atoms with Crippen molar-refractivity contribution >= 4 is 5.69 Å². The molecule has 1 saturated heterocycles. The van der Waals surface area contributed by atoms with Gasteiger partial charge in [0, 0.05) is 25.3 Å². The maximum atomic E-state index is 12.0. The van der Waals surface area contributed by atoms with Crippen molar-refractivity contribution in [2.75, 3.05) is 38.1 Å². The Labute approximate surface area is 121 Å². The van der Waals surface area contributed by atoms with Crippen molar-refractivity contribution in [2.45, 2.75) is 19.4 Å². The highest BCUT2D eigenvalue weighted by atomic mass is 19.4. The van der Waals surface area contributed by atoms with Crippen molar-refractivity contribution in [3.63, 3.8) is 0 Å². The van der Waals surface area contributed by atoms with Gasteiger partial charge in [-0.1, -0.05) is 6.92 Å². The summed E-state index contributed by atoms with van der Waals surface area (Å²) in [6.07, 6.45) is -4.57. The van der Waals surface area contributed by atoms with Crippen LogP contribution in [0.4, 0.5) is 18.9 Å². The molecule has 0 radical (unpaired) electrons. The highest BCUT2D eigenvalue weighted by Gasteiger charge is 2.30. The molecule has 4 nitrogen and oxygen atoms in total. The molecule has 1 aromatic rings. The summed E-state index contributed by atoms with van der Waals surface area (Å²) in [6, 6.07) is 5.69. The summed E-state index contributed by atoms with van der Waals surface area (Å²) in [6.45, 7) is 6.22. The molecule has 1 unspecified atom stereocenters. The summed E-state index contributed by atoms with van der Waals surface area (Å²) in [5, 5.41) is 3.16. The molecule has 21 heavy (non-hydrogen) atoms. The molecular weight excluding hydrogens is 285 g/mol. The zero-order valence-corrected chi connectivity index (χ0v) is 11.8. The molecule has 1 heterocycles. The fourth-order valence-electron chi connectivity index (χ4n) is 2.20. The minimum absolute atomic E-state index is 0.0878. The van der Waals surface area contributed by atoms with E-state index >= 15 is 0 Å². The van der Waals surface area contributed by atoms with Crippen LogP contribution in [0.1, 0.15) is 6.92 Å². The minimum Gasteiger partial charge on any atom is -0.406 e. The predicted octanol–water partition coefficient (Wildman–Crippen LogP) is 2.72. The lowest BCUT2D eigenvalue weighted by Gasteiger charge is -2.32. The lowest BCUT2D eigenvalue weighted by Crippen LogP contribution is -2.45. The van der Waals surface area contributed by atoms with Crippen LogP contribution in [0, 0.1) is 0 Å². The molecule has 0 aliphatic carbocycles. The summed E-state index contributed by atoms with van der Waals surface area (Å²) in [5.74, 6) is -0.223. The topological polar surface area (TPSA) is 33.7 Å². The van der Waals surface area contributed by atoms with Gasteiger partial charge in [-0.15, -0.1) is 13.2 Å². The van der Waals surface area contributed by atoms with E-state index in [1.165, 1.54) is 12.1 Å². The molecule has 0 spiro atoms. The number of nitrogens with one attached hydrogen (secondary N) is 1. The van der Waals surface area contributed by atoms with Crippen LogP contribution in [0.2, 0.25) is 0 Å². The number of ether oxygens (including phenoxy) is 2. The van der Waals surface area contributed by atoms with Gasteiger partial charge < -0.3 is 14.8 Å². The first-order valence-corrected chi connectivity index (χ1v) is 6.90. The largest absolute Gasteiger partial charge is 0.573 e. The van der Waals surface area contributed by atoms with Gasteiger partial charge in [0.25, 0.3) is 0 Å². The molecule has 0 amide bonds. The molecule has 1 aliphatic rings. The zero-order valence-electron chi connectivity index (χ0n) is 11.8. The molecule has 118 valence electrons. The average molecular weight is 304 g/mol. The average Bonchev–Trinajstić information content (AvgIpc) is 2.45. The van der Waals surface area contributed by atoms with E-state index < -0.39 is 6.36 Å². The number of rotatable bonds is 5. The molecule has 0 aromatic heterocycles. The van der Waals surface area contributed by atoms with E-state index in [0.717, 1.165) is 25.3 Å². The van der Waals surface area contributed by atoms with Gasteiger partial charge in [0.2, 0.25) is 0 Å². The van der Waals surface area contributed by atoms with Gasteiger partial charge >= 0.3 is 6.36 Å². The van der Waals surface area contributed by atoms with Gasteiger partial charge in [-0.05, 0) is 30.8 Å². The number of morpholine rings is 1. The van der Waals surface area contributed by atoms with Gasteiger partial charge in [-0.3, -0.25) is 4.90 Å².